The lowest BCUT2D eigenvalue weighted by atomic mass is 10.0. The van der Waals surface area contributed by atoms with Gasteiger partial charge in [0.2, 0.25) is 0 Å². The smallest absolute Gasteiger partial charge is 0.411 e. The van der Waals surface area contributed by atoms with Crippen molar-refractivity contribution >= 4 is 16.8 Å². The van der Waals surface area contributed by atoms with Gasteiger partial charge in [0, 0.05) is 36.4 Å². The van der Waals surface area contributed by atoms with Gasteiger partial charge in [0.25, 0.3) is 5.89 Å². The molecular formula is C23H15F3N8O2. The molecule has 0 unspecified atom stereocenters. The van der Waals surface area contributed by atoms with Gasteiger partial charge in [-0.05, 0) is 18.2 Å². The van der Waals surface area contributed by atoms with Crippen molar-refractivity contribution in [2.75, 3.05) is 6.54 Å². The summed E-state index contributed by atoms with van der Waals surface area (Å²) in [7, 11) is 0. The molecule has 4 aromatic heterocycles. The fourth-order valence-corrected chi connectivity index (χ4v) is 4.10. The van der Waals surface area contributed by atoms with Gasteiger partial charge in [0.1, 0.15) is 11.7 Å². The van der Waals surface area contributed by atoms with Crippen LogP contribution in [0.5, 0.6) is 0 Å². The molecule has 5 aromatic rings. The van der Waals surface area contributed by atoms with E-state index in [-0.39, 0.29) is 17.5 Å². The Labute approximate surface area is 200 Å². The van der Waals surface area contributed by atoms with E-state index in [4.69, 9.17) is 4.42 Å². The number of rotatable bonds is 3. The number of aromatic nitrogens is 7. The minimum atomic E-state index is -4.53. The molecule has 0 spiro atoms. The maximum Gasteiger partial charge on any atom is 0.417 e. The number of amides is 1. The molecule has 0 fully saturated rings. The molecule has 1 N–H and O–H groups in total. The molecule has 1 aliphatic rings. The molecular weight excluding hydrogens is 477 g/mol. The molecule has 0 saturated carbocycles. The lowest BCUT2D eigenvalue weighted by Gasteiger charge is -2.32. The lowest BCUT2D eigenvalue weighted by Crippen LogP contribution is -2.41. The predicted octanol–water partition coefficient (Wildman–Crippen LogP) is 3.60. The number of fused-ring (bicyclic) bond motifs is 2. The number of nitrogens with zero attached hydrogens (tertiary/aromatic N) is 7. The number of halogens is 3. The molecule has 36 heavy (non-hydrogen) atoms. The van der Waals surface area contributed by atoms with Crippen LogP contribution in [0.4, 0.5) is 13.2 Å². The quantitative estimate of drug-likeness (QED) is 0.405. The van der Waals surface area contributed by atoms with Gasteiger partial charge in [-0.1, -0.05) is 18.2 Å². The predicted molar refractivity (Wildman–Crippen MR) is 117 cm³/mol. The van der Waals surface area contributed by atoms with E-state index in [1.807, 2.05) is 24.3 Å². The first-order valence-electron chi connectivity index (χ1n) is 10.8. The second-order valence-electron chi connectivity index (χ2n) is 8.05. The summed E-state index contributed by atoms with van der Waals surface area (Å²) in [6, 6.07) is 8.72. The topological polar surface area (TPSA) is 127 Å². The summed E-state index contributed by atoms with van der Waals surface area (Å²) in [5.74, 6) is -0.727. The Hall–Kier alpha value is -4.68. The van der Waals surface area contributed by atoms with Crippen LogP contribution in [0.2, 0.25) is 0 Å². The van der Waals surface area contributed by atoms with Crippen molar-refractivity contribution in [1.29, 1.82) is 0 Å². The van der Waals surface area contributed by atoms with Crippen molar-refractivity contribution in [3.63, 3.8) is 0 Å². The summed E-state index contributed by atoms with van der Waals surface area (Å²) in [6.07, 6.45) is -0.124. The second kappa shape index (κ2) is 8.22. The molecule has 1 aromatic carbocycles. The summed E-state index contributed by atoms with van der Waals surface area (Å²) in [5.41, 5.74) is 1.28. The highest BCUT2D eigenvalue weighted by Gasteiger charge is 2.38. The molecule has 0 aliphatic carbocycles. The monoisotopic (exact) mass is 492 g/mol. The van der Waals surface area contributed by atoms with E-state index in [1.54, 1.807) is 12.5 Å². The summed E-state index contributed by atoms with van der Waals surface area (Å²) in [5, 5.41) is 8.48. The van der Waals surface area contributed by atoms with Gasteiger partial charge in [0.15, 0.2) is 5.82 Å². The maximum atomic E-state index is 13.5. The van der Waals surface area contributed by atoms with Crippen molar-refractivity contribution in [3.8, 4) is 11.6 Å². The van der Waals surface area contributed by atoms with Gasteiger partial charge in [-0.25, -0.2) is 15.0 Å². The van der Waals surface area contributed by atoms with Crippen molar-refractivity contribution in [2.45, 2.75) is 18.6 Å². The summed E-state index contributed by atoms with van der Waals surface area (Å²) in [6.45, 7) is 0.297. The van der Waals surface area contributed by atoms with Crippen LogP contribution in [0.25, 0.3) is 22.5 Å². The number of nitrogens with one attached hydrogen (secondary N) is 1. The van der Waals surface area contributed by atoms with Crippen LogP contribution in [0.15, 0.2) is 59.5 Å². The summed E-state index contributed by atoms with van der Waals surface area (Å²) >= 11 is 0. The van der Waals surface area contributed by atoms with Gasteiger partial charge in [-0.2, -0.15) is 13.2 Å². The highest BCUT2D eigenvalue weighted by molar-refractivity contribution is 5.90. The summed E-state index contributed by atoms with van der Waals surface area (Å²) in [4.78, 5) is 35.3. The van der Waals surface area contributed by atoms with Crippen LogP contribution in [0.1, 0.15) is 39.5 Å². The number of para-hydroxylation sites is 1. The van der Waals surface area contributed by atoms with Gasteiger partial charge < -0.3 is 14.3 Å². The van der Waals surface area contributed by atoms with Crippen molar-refractivity contribution < 1.29 is 22.4 Å². The van der Waals surface area contributed by atoms with Crippen LogP contribution in [-0.2, 0) is 12.6 Å². The normalized spacial score (nSPS) is 15.8. The first-order chi connectivity index (χ1) is 17.4. The van der Waals surface area contributed by atoms with Crippen molar-refractivity contribution in [3.05, 3.63) is 83.8 Å². The molecule has 180 valence electrons. The molecule has 0 radical (unpaired) electrons. The van der Waals surface area contributed by atoms with Crippen LogP contribution >= 0.6 is 0 Å². The minimum absolute atomic E-state index is 0.0113. The van der Waals surface area contributed by atoms with Gasteiger partial charge in [0.05, 0.1) is 23.1 Å². The fourth-order valence-electron chi connectivity index (χ4n) is 4.10. The number of hydrogen-bond acceptors (Lipinski definition) is 8. The number of imidazole rings is 1. The Morgan fingerprint density at radius 1 is 1.06 bits per heavy atom. The number of alkyl halides is 3. The van der Waals surface area contributed by atoms with E-state index in [1.165, 1.54) is 4.90 Å². The second-order valence-corrected chi connectivity index (χ2v) is 8.05. The van der Waals surface area contributed by atoms with E-state index < -0.39 is 23.7 Å². The number of benzene rings is 1. The maximum absolute atomic E-state index is 13.5. The molecule has 1 atom stereocenters. The third-order valence-corrected chi connectivity index (χ3v) is 5.86. The number of H-pyrrole nitrogens is 1. The Bertz CT molecular complexity index is 1580. The SMILES string of the molecule is O=C(c1nnc(-c2ccc(C(F)(F)F)cn2)o1)N1CCc2[nH]cnc2[C@H]1c1ncc2ccccc2n1. The van der Waals surface area contributed by atoms with Crippen LogP contribution in [-0.4, -0.2) is 52.5 Å². The number of carbonyl (C=O) groups excluding carboxylic acids is 1. The van der Waals surface area contributed by atoms with E-state index in [0.717, 1.165) is 23.2 Å². The van der Waals surface area contributed by atoms with Gasteiger partial charge in [-0.3, -0.25) is 9.78 Å². The van der Waals surface area contributed by atoms with E-state index in [9.17, 15) is 18.0 Å². The first-order valence-corrected chi connectivity index (χ1v) is 10.8. The number of aromatic amines is 1. The zero-order chi connectivity index (χ0) is 24.9. The molecule has 13 heteroatoms. The molecule has 5 heterocycles. The largest absolute Gasteiger partial charge is 0.417 e. The third kappa shape index (κ3) is 3.74. The third-order valence-electron chi connectivity index (χ3n) is 5.86. The van der Waals surface area contributed by atoms with Crippen LogP contribution < -0.4 is 0 Å². The minimum Gasteiger partial charge on any atom is -0.411 e. The van der Waals surface area contributed by atoms with E-state index in [2.05, 4.69) is 35.1 Å². The Morgan fingerprint density at radius 3 is 2.72 bits per heavy atom. The highest BCUT2D eigenvalue weighted by atomic mass is 19.4. The van der Waals surface area contributed by atoms with Gasteiger partial charge >= 0.3 is 18.0 Å². The fraction of sp³-hybridized carbons (Fsp3) is 0.174. The lowest BCUT2D eigenvalue weighted by molar-refractivity contribution is -0.137. The van der Waals surface area contributed by atoms with Crippen LogP contribution in [0.3, 0.4) is 0 Å². The van der Waals surface area contributed by atoms with Gasteiger partial charge in [-0.15, -0.1) is 10.2 Å². The average molecular weight is 492 g/mol. The Kier molecular flexibility index (Phi) is 4.98. The highest BCUT2D eigenvalue weighted by Crippen LogP contribution is 2.34. The van der Waals surface area contributed by atoms with E-state index >= 15 is 0 Å². The standard InChI is InChI=1S/C23H15F3N8O2/c24-23(25,26)13-5-6-16(27-10-13)20-32-33-21(36-20)22(35)34-8-7-15-17(30-11-29-15)18(34)19-28-9-12-3-1-2-4-14(12)31-19/h1-6,9-11,18H,7-8H2,(H,29,30)/t18-/m0/s1. The summed E-state index contributed by atoms with van der Waals surface area (Å²) < 4.78 is 44.0. The van der Waals surface area contributed by atoms with E-state index in [0.29, 0.717) is 36.2 Å². The molecule has 0 bridgehead atoms. The Balaban J connectivity index is 1.34. The number of hydrogen-bond donors (Lipinski definition) is 1. The average Bonchev–Trinajstić information content (AvgIpc) is 3.57. The molecule has 10 nitrogen and oxygen atoms in total. The molecule has 1 aliphatic heterocycles. The number of pyridine rings is 1. The Morgan fingerprint density at radius 2 is 1.92 bits per heavy atom. The van der Waals surface area contributed by atoms with Crippen molar-refractivity contribution in [2.24, 2.45) is 0 Å². The number of carbonyl (C=O) groups is 1. The zero-order valence-electron chi connectivity index (χ0n) is 18.3. The van der Waals surface area contributed by atoms with Crippen LogP contribution in [0, 0.1) is 0 Å². The zero-order valence-corrected chi connectivity index (χ0v) is 18.3. The molecule has 6 rings (SSSR count). The van der Waals surface area contributed by atoms with Crippen molar-refractivity contribution in [1.82, 2.24) is 40.0 Å². The molecule has 0 saturated heterocycles. The first kappa shape index (κ1) is 21.8. The molecule has 1 amide bonds.